The van der Waals surface area contributed by atoms with Crippen molar-refractivity contribution in [3.8, 4) is 0 Å². The maximum absolute atomic E-state index is 13.2. The van der Waals surface area contributed by atoms with Gasteiger partial charge < -0.3 is 16.4 Å². The standard InChI is InChI=1S/C23H25N5O2S/c1-12(2)13-5-3-6-14(11-13)28-17-9-10-25-22-18(17)19(27-23(28)30)20(31-22)21(29)26-16-8-4-7-15(16)24/h3,5-6,9-12,15-16H,4,7-8,24H2,1-2H3,(H,26,29)(H,27,30)/t15-,16+/m0/s1. The number of nitrogens with two attached hydrogens (primary N) is 1. The SMILES string of the molecule is CC(C)c1cccc(N2C(=O)Nc3c(C(=O)N[C@@H]4CCC[C@@H]4N)sc4nccc2c34)c1. The number of pyridine rings is 1. The first-order chi connectivity index (χ1) is 14.9. The molecule has 7 nitrogen and oxygen atoms in total. The van der Waals surface area contributed by atoms with Gasteiger partial charge in [-0.15, -0.1) is 11.3 Å². The average Bonchev–Trinajstić information content (AvgIpc) is 3.32. The minimum Gasteiger partial charge on any atom is -0.347 e. The summed E-state index contributed by atoms with van der Waals surface area (Å²) < 4.78 is 0. The number of thiophene rings is 1. The number of amides is 3. The number of hydrogen-bond donors (Lipinski definition) is 3. The largest absolute Gasteiger partial charge is 0.347 e. The zero-order valence-electron chi connectivity index (χ0n) is 17.5. The third-order valence-corrected chi connectivity index (χ3v) is 7.23. The highest BCUT2D eigenvalue weighted by Gasteiger charge is 2.34. The highest BCUT2D eigenvalue weighted by Crippen LogP contribution is 2.45. The lowest BCUT2D eigenvalue weighted by atomic mass is 10.0. The van der Waals surface area contributed by atoms with E-state index in [9.17, 15) is 9.59 Å². The van der Waals surface area contributed by atoms with Crippen LogP contribution in [0.2, 0.25) is 0 Å². The van der Waals surface area contributed by atoms with Crippen molar-refractivity contribution in [2.24, 2.45) is 5.73 Å². The monoisotopic (exact) mass is 435 g/mol. The van der Waals surface area contributed by atoms with Gasteiger partial charge in [0.2, 0.25) is 0 Å². The van der Waals surface area contributed by atoms with Gasteiger partial charge in [0.25, 0.3) is 5.91 Å². The van der Waals surface area contributed by atoms with Crippen LogP contribution in [-0.4, -0.2) is 29.0 Å². The molecule has 1 fully saturated rings. The Kier molecular flexibility index (Phi) is 4.91. The van der Waals surface area contributed by atoms with Crippen LogP contribution < -0.4 is 21.3 Å². The molecule has 2 aromatic heterocycles. The molecule has 5 rings (SSSR count). The van der Waals surface area contributed by atoms with E-state index in [2.05, 4.69) is 35.5 Å². The van der Waals surface area contributed by atoms with Crippen LogP contribution >= 0.6 is 11.3 Å². The number of carbonyl (C=O) groups excluding carboxylic acids is 2. The van der Waals surface area contributed by atoms with Gasteiger partial charge in [0.05, 0.1) is 22.4 Å². The van der Waals surface area contributed by atoms with Crippen molar-refractivity contribution in [2.75, 3.05) is 10.2 Å². The highest BCUT2D eigenvalue weighted by atomic mass is 32.1. The fourth-order valence-electron chi connectivity index (χ4n) is 4.43. The first-order valence-electron chi connectivity index (χ1n) is 10.6. The summed E-state index contributed by atoms with van der Waals surface area (Å²) in [7, 11) is 0. The molecule has 0 spiro atoms. The van der Waals surface area contributed by atoms with Crippen molar-refractivity contribution in [1.82, 2.24) is 10.3 Å². The summed E-state index contributed by atoms with van der Waals surface area (Å²) in [6.07, 6.45) is 4.49. The maximum atomic E-state index is 13.2. The highest BCUT2D eigenvalue weighted by molar-refractivity contribution is 7.21. The van der Waals surface area contributed by atoms with Crippen LogP contribution in [0.3, 0.4) is 0 Å². The Hall–Kier alpha value is -2.97. The zero-order valence-corrected chi connectivity index (χ0v) is 18.3. The number of benzene rings is 1. The van der Waals surface area contributed by atoms with Gasteiger partial charge in [-0.1, -0.05) is 26.0 Å². The Bertz CT molecular complexity index is 1190. The topological polar surface area (TPSA) is 100 Å². The van der Waals surface area contributed by atoms with Gasteiger partial charge >= 0.3 is 6.03 Å². The molecule has 1 aromatic carbocycles. The Labute approximate surface area is 184 Å². The van der Waals surface area contributed by atoms with E-state index in [-0.39, 0.29) is 24.0 Å². The lowest BCUT2D eigenvalue weighted by molar-refractivity contribution is 0.0939. The van der Waals surface area contributed by atoms with Gasteiger partial charge in [0.15, 0.2) is 0 Å². The molecule has 160 valence electrons. The lowest BCUT2D eigenvalue weighted by Gasteiger charge is -2.29. The van der Waals surface area contributed by atoms with E-state index < -0.39 is 0 Å². The number of anilines is 3. The molecule has 3 aromatic rings. The van der Waals surface area contributed by atoms with Crippen molar-refractivity contribution in [3.63, 3.8) is 0 Å². The van der Waals surface area contributed by atoms with Gasteiger partial charge in [-0.05, 0) is 48.9 Å². The summed E-state index contributed by atoms with van der Waals surface area (Å²) >= 11 is 1.30. The Morgan fingerprint density at radius 2 is 2.16 bits per heavy atom. The summed E-state index contributed by atoms with van der Waals surface area (Å²) in [5.41, 5.74) is 9.33. The molecular formula is C23H25N5O2S. The van der Waals surface area contributed by atoms with E-state index in [1.54, 1.807) is 11.1 Å². The molecule has 2 aliphatic rings. The van der Waals surface area contributed by atoms with Crippen molar-refractivity contribution >= 4 is 50.6 Å². The van der Waals surface area contributed by atoms with Gasteiger partial charge in [-0.2, -0.15) is 0 Å². The first-order valence-corrected chi connectivity index (χ1v) is 11.4. The number of nitrogens with one attached hydrogen (secondary N) is 2. The van der Waals surface area contributed by atoms with E-state index in [1.165, 1.54) is 11.3 Å². The molecule has 0 unspecified atom stereocenters. The molecule has 1 saturated carbocycles. The van der Waals surface area contributed by atoms with E-state index in [4.69, 9.17) is 5.73 Å². The molecule has 1 aliphatic carbocycles. The molecular weight excluding hydrogens is 410 g/mol. The fraction of sp³-hybridized carbons (Fsp3) is 0.348. The van der Waals surface area contributed by atoms with Gasteiger partial charge in [0, 0.05) is 18.3 Å². The van der Waals surface area contributed by atoms with Crippen molar-refractivity contribution in [1.29, 1.82) is 0 Å². The van der Waals surface area contributed by atoms with Crippen LogP contribution in [0, 0.1) is 0 Å². The zero-order chi connectivity index (χ0) is 21.7. The quantitative estimate of drug-likeness (QED) is 0.552. The molecule has 3 heterocycles. The normalized spacial score (nSPS) is 20.4. The number of rotatable bonds is 4. The van der Waals surface area contributed by atoms with Crippen LogP contribution in [0.25, 0.3) is 10.2 Å². The second-order valence-corrected chi connectivity index (χ2v) is 9.51. The second-order valence-electron chi connectivity index (χ2n) is 8.51. The van der Waals surface area contributed by atoms with E-state index in [0.29, 0.717) is 16.5 Å². The molecule has 0 radical (unpaired) electrons. The number of carbonyl (C=O) groups is 2. The number of aromatic nitrogens is 1. The summed E-state index contributed by atoms with van der Waals surface area (Å²) in [6, 6.07) is 9.45. The number of hydrogen-bond acceptors (Lipinski definition) is 5. The van der Waals surface area contributed by atoms with Crippen LogP contribution in [0.5, 0.6) is 0 Å². The van der Waals surface area contributed by atoms with Crippen LogP contribution in [0.1, 0.15) is 54.3 Å². The van der Waals surface area contributed by atoms with Crippen molar-refractivity contribution in [3.05, 3.63) is 47.0 Å². The number of urea groups is 1. The van der Waals surface area contributed by atoms with E-state index in [1.807, 2.05) is 24.3 Å². The Morgan fingerprint density at radius 3 is 2.90 bits per heavy atom. The Morgan fingerprint density at radius 1 is 1.32 bits per heavy atom. The molecule has 3 amide bonds. The van der Waals surface area contributed by atoms with Crippen molar-refractivity contribution < 1.29 is 9.59 Å². The lowest BCUT2D eigenvalue weighted by Crippen LogP contribution is -2.44. The first kappa shape index (κ1) is 20.0. The summed E-state index contributed by atoms with van der Waals surface area (Å²) in [4.78, 5) is 33.6. The fourth-order valence-corrected chi connectivity index (χ4v) is 5.45. The van der Waals surface area contributed by atoms with E-state index in [0.717, 1.165) is 46.4 Å². The molecule has 31 heavy (non-hydrogen) atoms. The molecule has 0 bridgehead atoms. The van der Waals surface area contributed by atoms with Gasteiger partial charge in [-0.25, -0.2) is 9.78 Å². The molecule has 4 N–H and O–H groups in total. The molecule has 2 atom stereocenters. The van der Waals surface area contributed by atoms with Gasteiger partial charge in [-0.3, -0.25) is 9.69 Å². The summed E-state index contributed by atoms with van der Waals surface area (Å²) in [5.74, 6) is 0.140. The third-order valence-electron chi connectivity index (χ3n) is 6.13. The minimum absolute atomic E-state index is 0.0262. The van der Waals surface area contributed by atoms with Crippen LogP contribution in [-0.2, 0) is 0 Å². The summed E-state index contributed by atoms with van der Waals surface area (Å²) in [5, 5.41) is 6.80. The van der Waals surface area contributed by atoms with Crippen molar-refractivity contribution in [2.45, 2.75) is 51.1 Å². The van der Waals surface area contributed by atoms with Crippen LogP contribution in [0.4, 0.5) is 21.9 Å². The molecule has 1 aliphatic heterocycles. The minimum atomic E-state index is -0.286. The summed E-state index contributed by atoms with van der Waals surface area (Å²) in [6.45, 7) is 4.25. The Balaban J connectivity index is 1.57. The maximum Gasteiger partial charge on any atom is 0.331 e. The predicted molar refractivity (Wildman–Crippen MR) is 124 cm³/mol. The molecule has 8 heteroatoms. The van der Waals surface area contributed by atoms with Gasteiger partial charge in [0.1, 0.15) is 9.71 Å². The average molecular weight is 436 g/mol. The third kappa shape index (κ3) is 3.36. The second kappa shape index (κ2) is 7.62. The van der Waals surface area contributed by atoms with Crippen LogP contribution in [0.15, 0.2) is 36.5 Å². The molecule has 0 saturated heterocycles. The predicted octanol–water partition coefficient (Wildman–Crippen LogP) is 4.71. The smallest absolute Gasteiger partial charge is 0.331 e. The van der Waals surface area contributed by atoms with E-state index >= 15 is 0 Å². The number of nitrogens with zero attached hydrogens (tertiary/aromatic N) is 2.